The summed E-state index contributed by atoms with van der Waals surface area (Å²) in [6.45, 7) is 1.95. The molecule has 0 saturated carbocycles. The molecule has 0 saturated heterocycles. The quantitative estimate of drug-likeness (QED) is 0.884. The number of aliphatic hydroxyl groups is 1. The molecule has 0 radical (unpaired) electrons. The van der Waals surface area contributed by atoms with E-state index in [9.17, 15) is 14.7 Å². The Balaban J connectivity index is 2.09. The zero-order valence-corrected chi connectivity index (χ0v) is 12.2. The van der Waals surface area contributed by atoms with E-state index >= 15 is 0 Å². The van der Waals surface area contributed by atoms with Crippen molar-refractivity contribution < 1.29 is 19.1 Å². The number of aliphatic hydroxyl groups excluding tert-OH is 1. The van der Waals surface area contributed by atoms with Gasteiger partial charge in [0.25, 0.3) is 5.91 Å². The highest BCUT2D eigenvalue weighted by Gasteiger charge is 2.42. The second-order valence-electron chi connectivity index (χ2n) is 5.30. The second-order valence-corrected chi connectivity index (χ2v) is 5.30. The number of benzene rings is 1. The normalized spacial score (nSPS) is 18.2. The van der Waals surface area contributed by atoms with E-state index < -0.39 is 23.5 Å². The highest BCUT2D eigenvalue weighted by molar-refractivity contribution is 6.14. The summed E-state index contributed by atoms with van der Waals surface area (Å²) in [5.41, 5.74) is 1.88. The number of hydrogen-bond donors (Lipinski definition) is 1. The molecular formula is C17H15NO4. The van der Waals surface area contributed by atoms with E-state index in [0.29, 0.717) is 0 Å². The number of furan rings is 1. The molecule has 1 N–H and O–H groups in total. The Labute approximate surface area is 127 Å². The maximum atomic E-state index is 12.6. The summed E-state index contributed by atoms with van der Waals surface area (Å²) < 4.78 is 5.11. The number of aryl methyl sites for hydroxylation is 1. The average molecular weight is 297 g/mol. The predicted molar refractivity (Wildman–Crippen MR) is 79.4 cm³/mol. The second kappa shape index (κ2) is 5.18. The van der Waals surface area contributed by atoms with E-state index in [2.05, 4.69) is 0 Å². The fraction of sp³-hybridized carbons (Fsp3) is 0.176. The number of ketones is 1. The topological polar surface area (TPSA) is 70.7 Å². The number of likely N-dealkylation sites (N-methyl/N-ethyl adjacent to an activating group) is 1. The summed E-state index contributed by atoms with van der Waals surface area (Å²) >= 11 is 0. The van der Waals surface area contributed by atoms with Gasteiger partial charge in [0, 0.05) is 7.05 Å². The molecule has 0 bridgehead atoms. The molecule has 112 valence electrons. The van der Waals surface area contributed by atoms with E-state index in [1.165, 1.54) is 17.2 Å². The molecule has 22 heavy (non-hydrogen) atoms. The summed E-state index contributed by atoms with van der Waals surface area (Å²) in [7, 11) is 1.56. The monoisotopic (exact) mass is 297 g/mol. The Morgan fingerprint density at radius 2 is 1.91 bits per heavy atom. The van der Waals surface area contributed by atoms with Crippen LogP contribution in [0.15, 0.2) is 58.4 Å². The Kier molecular flexibility index (Phi) is 3.33. The van der Waals surface area contributed by atoms with Gasteiger partial charge < -0.3 is 14.4 Å². The van der Waals surface area contributed by atoms with Crippen molar-refractivity contribution in [2.75, 3.05) is 7.05 Å². The lowest BCUT2D eigenvalue weighted by atomic mass is 9.95. The van der Waals surface area contributed by atoms with Crippen LogP contribution in [0.25, 0.3) is 0 Å². The Bertz CT molecular complexity index is 756. The molecule has 1 amide bonds. The largest absolute Gasteiger partial charge is 0.503 e. The van der Waals surface area contributed by atoms with Crippen molar-refractivity contribution in [2.24, 2.45) is 0 Å². The molecule has 0 fully saturated rings. The van der Waals surface area contributed by atoms with Crippen LogP contribution in [0.4, 0.5) is 0 Å². The fourth-order valence-corrected chi connectivity index (χ4v) is 2.63. The van der Waals surface area contributed by atoms with Crippen LogP contribution in [-0.2, 0) is 4.79 Å². The first-order valence-corrected chi connectivity index (χ1v) is 6.85. The lowest BCUT2D eigenvalue weighted by Gasteiger charge is -2.22. The van der Waals surface area contributed by atoms with Crippen LogP contribution in [0.5, 0.6) is 0 Å². The third kappa shape index (κ3) is 2.11. The molecule has 1 unspecified atom stereocenters. The molecule has 0 aliphatic carbocycles. The number of nitrogens with zero attached hydrogens (tertiary/aromatic N) is 1. The van der Waals surface area contributed by atoms with Gasteiger partial charge in [0.1, 0.15) is 0 Å². The minimum Gasteiger partial charge on any atom is -0.503 e. The van der Waals surface area contributed by atoms with Crippen LogP contribution >= 0.6 is 0 Å². The van der Waals surface area contributed by atoms with Crippen LogP contribution < -0.4 is 0 Å². The van der Waals surface area contributed by atoms with Crippen LogP contribution in [0.1, 0.15) is 27.7 Å². The van der Waals surface area contributed by atoms with E-state index in [1.54, 1.807) is 13.1 Å². The lowest BCUT2D eigenvalue weighted by Crippen LogP contribution is -2.26. The molecule has 3 rings (SSSR count). The molecule has 2 aromatic rings. The fourth-order valence-electron chi connectivity index (χ4n) is 2.63. The van der Waals surface area contributed by atoms with Gasteiger partial charge in [0.2, 0.25) is 5.78 Å². The minimum absolute atomic E-state index is 0.0475. The summed E-state index contributed by atoms with van der Waals surface area (Å²) in [4.78, 5) is 26.0. The first kappa shape index (κ1) is 14.1. The summed E-state index contributed by atoms with van der Waals surface area (Å²) in [5.74, 6) is -1.47. The van der Waals surface area contributed by atoms with E-state index in [4.69, 9.17) is 4.42 Å². The molecule has 1 atom stereocenters. The predicted octanol–water partition coefficient (Wildman–Crippen LogP) is 2.80. The van der Waals surface area contributed by atoms with Crippen LogP contribution in [0.2, 0.25) is 0 Å². The van der Waals surface area contributed by atoms with Gasteiger partial charge in [0.15, 0.2) is 11.5 Å². The first-order valence-electron chi connectivity index (χ1n) is 6.85. The molecule has 1 aliphatic heterocycles. The number of rotatable bonds is 3. The van der Waals surface area contributed by atoms with Crippen molar-refractivity contribution >= 4 is 11.7 Å². The average Bonchev–Trinajstić information content (AvgIpc) is 3.11. The zero-order valence-electron chi connectivity index (χ0n) is 12.2. The van der Waals surface area contributed by atoms with Crippen LogP contribution in [-0.4, -0.2) is 28.7 Å². The van der Waals surface area contributed by atoms with Gasteiger partial charge in [-0.2, -0.15) is 0 Å². The molecule has 1 aliphatic rings. The Morgan fingerprint density at radius 1 is 1.23 bits per heavy atom. The summed E-state index contributed by atoms with van der Waals surface area (Å²) in [6, 6.07) is 9.97. The third-order valence-corrected chi connectivity index (χ3v) is 3.82. The smallest absolute Gasteiger partial charge is 0.289 e. The molecule has 1 aromatic carbocycles. The van der Waals surface area contributed by atoms with Crippen molar-refractivity contribution in [2.45, 2.75) is 13.0 Å². The standard InChI is InChI=1S/C17H15NO4/c1-10-5-7-11(8-6-10)14-13(16(20)17(21)18(14)2)15(19)12-4-3-9-22-12/h3-9,14,20H,1-2H3. The van der Waals surface area contributed by atoms with Crippen LogP contribution in [0, 0.1) is 6.92 Å². The SMILES string of the molecule is Cc1ccc(C2C(C(=O)c3ccco3)=C(O)C(=O)N2C)cc1. The van der Waals surface area contributed by atoms with Crippen molar-refractivity contribution in [3.63, 3.8) is 0 Å². The van der Waals surface area contributed by atoms with E-state index in [0.717, 1.165) is 11.1 Å². The Hall–Kier alpha value is -2.82. The summed E-state index contributed by atoms with van der Waals surface area (Å²) in [6.07, 6.45) is 1.38. The van der Waals surface area contributed by atoms with Crippen LogP contribution in [0.3, 0.4) is 0 Å². The zero-order chi connectivity index (χ0) is 15.9. The van der Waals surface area contributed by atoms with Crippen molar-refractivity contribution in [3.8, 4) is 0 Å². The molecular weight excluding hydrogens is 282 g/mol. The van der Waals surface area contributed by atoms with E-state index in [1.807, 2.05) is 31.2 Å². The Morgan fingerprint density at radius 3 is 2.50 bits per heavy atom. The van der Waals surface area contributed by atoms with Gasteiger partial charge in [-0.25, -0.2) is 0 Å². The maximum Gasteiger partial charge on any atom is 0.289 e. The highest BCUT2D eigenvalue weighted by atomic mass is 16.3. The number of carbonyl (C=O) groups excluding carboxylic acids is 2. The minimum atomic E-state index is -0.620. The number of carbonyl (C=O) groups is 2. The molecule has 0 spiro atoms. The van der Waals surface area contributed by atoms with Crippen molar-refractivity contribution in [3.05, 3.63) is 70.9 Å². The van der Waals surface area contributed by atoms with Crippen molar-refractivity contribution in [1.82, 2.24) is 4.90 Å². The van der Waals surface area contributed by atoms with Gasteiger partial charge in [-0.15, -0.1) is 0 Å². The maximum absolute atomic E-state index is 12.6. The van der Waals surface area contributed by atoms with Gasteiger partial charge in [0.05, 0.1) is 17.9 Å². The molecule has 1 aromatic heterocycles. The molecule has 5 nitrogen and oxygen atoms in total. The van der Waals surface area contributed by atoms with Gasteiger partial charge in [-0.3, -0.25) is 9.59 Å². The van der Waals surface area contributed by atoms with Gasteiger partial charge >= 0.3 is 0 Å². The first-order chi connectivity index (χ1) is 10.5. The third-order valence-electron chi connectivity index (χ3n) is 3.82. The summed E-state index contributed by atoms with van der Waals surface area (Å²) in [5, 5.41) is 10.1. The number of Topliss-reactive ketones (excluding diaryl/α,β-unsaturated/α-hetero) is 1. The molecule has 5 heteroatoms. The van der Waals surface area contributed by atoms with Crippen molar-refractivity contribution in [1.29, 1.82) is 0 Å². The lowest BCUT2D eigenvalue weighted by molar-refractivity contribution is -0.128. The van der Waals surface area contributed by atoms with Gasteiger partial charge in [-0.1, -0.05) is 29.8 Å². The molecule has 2 heterocycles. The van der Waals surface area contributed by atoms with Gasteiger partial charge in [-0.05, 0) is 24.6 Å². The number of amides is 1. The highest BCUT2D eigenvalue weighted by Crippen LogP contribution is 2.37. The van der Waals surface area contributed by atoms with E-state index in [-0.39, 0.29) is 11.3 Å². The number of hydrogen-bond acceptors (Lipinski definition) is 4.